The van der Waals surface area contributed by atoms with Gasteiger partial charge in [-0.15, -0.1) is 0 Å². The molecule has 0 N–H and O–H groups in total. The van der Waals surface area contributed by atoms with E-state index >= 15 is 0 Å². The minimum absolute atomic E-state index is 0.0251. The van der Waals surface area contributed by atoms with Gasteiger partial charge in [-0.1, -0.05) is 6.07 Å². The maximum absolute atomic E-state index is 12.9. The van der Waals surface area contributed by atoms with Crippen molar-refractivity contribution < 1.29 is 19.1 Å². The van der Waals surface area contributed by atoms with Crippen LogP contribution >= 0.6 is 0 Å². The van der Waals surface area contributed by atoms with Gasteiger partial charge in [0.05, 0.1) is 14.2 Å². The Bertz CT molecular complexity index is 795. The van der Waals surface area contributed by atoms with Crippen molar-refractivity contribution in [2.24, 2.45) is 5.92 Å². The standard InChI is InChI=1S/C19H21N3O4/c1-25-16-9-8-14(18(21-16)26-2)19(24)22-11-5-6-13(12-22)17(23)15-7-3-4-10-20-15/h3-4,7-10,13H,5-6,11-12H2,1-2H3/t13-/m0/s1. The molecule has 0 aliphatic carbocycles. The molecule has 0 saturated carbocycles. The lowest BCUT2D eigenvalue weighted by Gasteiger charge is -2.32. The molecule has 0 aromatic carbocycles. The second kappa shape index (κ2) is 7.95. The van der Waals surface area contributed by atoms with Crippen LogP contribution in [0.2, 0.25) is 0 Å². The van der Waals surface area contributed by atoms with Crippen LogP contribution in [0, 0.1) is 5.92 Å². The Hall–Kier alpha value is -2.96. The van der Waals surface area contributed by atoms with Crippen molar-refractivity contribution in [1.82, 2.24) is 14.9 Å². The van der Waals surface area contributed by atoms with Crippen molar-refractivity contribution in [2.45, 2.75) is 12.8 Å². The molecule has 1 atom stereocenters. The van der Waals surface area contributed by atoms with Gasteiger partial charge in [0, 0.05) is 31.3 Å². The molecule has 7 heteroatoms. The molecule has 3 rings (SSSR count). The first-order chi connectivity index (χ1) is 12.6. The molecular formula is C19H21N3O4. The summed E-state index contributed by atoms with van der Waals surface area (Å²) in [5.41, 5.74) is 0.801. The molecule has 0 radical (unpaired) electrons. The summed E-state index contributed by atoms with van der Waals surface area (Å²) in [6.45, 7) is 0.962. The summed E-state index contributed by atoms with van der Waals surface area (Å²) >= 11 is 0. The van der Waals surface area contributed by atoms with Gasteiger partial charge in [0.25, 0.3) is 5.91 Å². The lowest BCUT2D eigenvalue weighted by atomic mass is 9.91. The third-order valence-corrected chi connectivity index (χ3v) is 4.46. The second-order valence-corrected chi connectivity index (χ2v) is 6.08. The van der Waals surface area contributed by atoms with Crippen LogP contribution in [0.1, 0.15) is 33.7 Å². The van der Waals surface area contributed by atoms with E-state index < -0.39 is 0 Å². The van der Waals surface area contributed by atoms with Gasteiger partial charge in [-0.2, -0.15) is 4.98 Å². The molecule has 3 heterocycles. The van der Waals surface area contributed by atoms with Gasteiger partial charge in [0.2, 0.25) is 11.8 Å². The number of nitrogens with zero attached hydrogens (tertiary/aromatic N) is 3. The highest BCUT2D eigenvalue weighted by atomic mass is 16.5. The lowest BCUT2D eigenvalue weighted by Crippen LogP contribution is -2.42. The van der Waals surface area contributed by atoms with Crippen molar-refractivity contribution in [2.75, 3.05) is 27.3 Å². The smallest absolute Gasteiger partial charge is 0.259 e. The summed E-state index contributed by atoms with van der Waals surface area (Å²) in [4.78, 5) is 35.6. The average molecular weight is 355 g/mol. The summed E-state index contributed by atoms with van der Waals surface area (Å²) in [5.74, 6) is 0.117. The Labute approximate surface area is 152 Å². The predicted octanol–water partition coefficient (Wildman–Crippen LogP) is 2.23. The zero-order chi connectivity index (χ0) is 18.5. The van der Waals surface area contributed by atoms with E-state index in [9.17, 15) is 9.59 Å². The van der Waals surface area contributed by atoms with Crippen LogP contribution in [-0.2, 0) is 0 Å². The maximum atomic E-state index is 12.9. The van der Waals surface area contributed by atoms with Gasteiger partial charge in [0.1, 0.15) is 11.3 Å². The summed E-state index contributed by atoms with van der Waals surface area (Å²) in [5, 5.41) is 0. The van der Waals surface area contributed by atoms with Crippen LogP contribution in [0.3, 0.4) is 0 Å². The molecule has 1 amide bonds. The van der Waals surface area contributed by atoms with E-state index in [-0.39, 0.29) is 23.5 Å². The summed E-state index contributed by atoms with van der Waals surface area (Å²) < 4.78 is 10.3. The highest BCUT2D eigenvalue weighted by Crippen LogP contribution is 2.25. The number of ketones is 1. The Morgan fingerprint density at radius 3 is 2.69 bits per heavy atom. The average Bonchev–Trinajstić information content (AvgIpc) is 2.72. The zero-order valence-corrected chi connectivity index (χ0v) is 14.8. The summed E-state index contributed by atoms with van der Waals surface area (Å²) in [7, 11) is 2.96. The van der Waals surface area contributed by atoms with E-state index in [1.165, 1.54) is 14.2 Å². The van der Waals surface area contributed by atoms with Gasteiger partial charge in [-0.3, -0.25) is 14.6 Å². The van der Waals surface area contributed by atoms with Gasteiger partial charge >= 0.3 is 0 Å². The Morgan fingerprint density at radius 1 is 1.15 bits per heavy atom. The van der Waals surface area contributed by atoms with E-state index in [2.05, 4.69) is 9.97 Å². The molecule has 0 spiro atoms. The highest BCUT2D eigenvalue weighted by Gasteiger charge is 2.31. The molecule has 1 aliphatic heterocycles. The fourth-order valence-electron chi connectivity index (χ4n) is 3.12. The van der Waals surface area contributed by atoms with Crippen molar-refractivity contribution in [1.29, 1.82) is 0 Å². The maximum Gasteiger partial charge on any atom is 0.259 e. The van der Waals surface area contributed by atoms with Crippen molar-refractivity contribution >= 4 is 11.7 Å². The zero-order valence-electron chi connectivity index (χ0n) is 14.8. The van der Waals surface area contributed by atoms with Gasteiger partial charge in [-0.05, 0) is 31.0 Å². The van der Waals surface area contributed by atoms with Gasteiger partial charge < -0.3 is 14.4 Å². The fourth-order valence-corrected chi connectivity index (χ4v) is 3.12. The number of piperidine rings is 1. The highest BCUT2D eigenvalue weighted by molar-refractivity contribution is 5.99. The van der Waals surface area contributed by atoms with Crippen LogP contribution in [-0.4, -0.2) is 53.9 Å². The van der Waals surface area contributed by atoms with Gasteiger partial charge in [0.15, 0.2) is 5.78 Å². The number of amides is 1. The van der Waals surface area contributed by atoms with Crippen molar-refractivity contribution in [3.05, 3.63) is 47.8 Å². The van der Waals surface area contributed by atoms with E-state index in [1.807, 2.05) is 0 Å². The number of Topliss-reactive ketones (excluding diaryl/α,β-unsaturated/α-hetero) is 1. The number of pyridine rings is 2. The molecule has 1 fully saturated rings. The normalized spacial score (nSPS) is 16.8. The van der Waals surface area contributed by atoms with Crippen LogP contribution < -0.4 is 9.47 Å². The summed E-state index contributed by atoms with van der Waals surface area (Å²) in [6, 6.07) is 8.53. The van der Waals surface area contributed by atoms with Crippen LogP contribution in [0.25, 0.3) is 0 Å². The summed E-state index contributed by atoms with van der Waals surface area (Å²) in [6.07, 6.45) is 3.12. The first-order valence-electron chi connectivity index (χ1n) is 8.47. The SMILES string of the molecule is COc1ccc(C(=O)N2CCC[C@H](C(=O)c3ccccn3)C2)c(OC)n1. The fraction of sp³-hybridized carbons (Fsp3) is 0.368. The first kappa shape index (κ1) is 17.8. The van der Waals surface area contributed by atoms with Gasteiger partial charge in [-0.25, -0.2) is 0 Å². The van der Waals surface area contributed by atoms with E-state index in [4.69, 9.17) is 9.47 Å². The van der Waals surface area contributed by atoms with E-state index in [1.54, 1.807) is 41.4 Å². The van der Waals surface area contributed by atoms with Crippen LogP contribution in [0.4, 0.5) is 0 Å². The topological polar surface area (TPSA) is 81.6 Å². The monoisotopic (exact) mass is 355 g/mol. The van der Waals surface area contributed by atoms with E-state index in [0.29, 0.717) is 30.2 Å². The molecule has 0 bridgehead atoms. The molecule has 136 valence electrons. The predicted molar refractivity (Wildman–Crippen MR) is 94.5 cm³/mol. The Morgan fingerprint density at radius 2 is 2.00 bits per heavy atom. The number of likely N-dealkylation sites (tertiary alicyclic amines) is 1. The molecule has 1 saturated heterocycles. The molecule has 7 nitrogen and oxygen atoms in total. The number of carbonyl (C=O) groups excluding carboxylic acids is 2. The molecule has 2 aromatic heterocycles. The quantitative estimate of drug-likeness (QED) is 0.765. The number of aromatic nitrogens is 2. The number of ether oxygens (including phenoxy) is 2. The minimum atomic E-state index is -0.250. The Balaban J connectivity index is 1.77. The molecule has 1 aliphatic rings. The number of methoxy groups -OCH3 is 2. The first-order valence-corrected chi connectivity index (χ1v) is 8.47. The minimum Gasteiger partial charge on any atom is -0.481 e. The van der Waals surface area contributed by atoms with E-state index in [0.717, 1.165) is 12.8 Å². The van der Waals surface area contributed by atoms with Crippen LogP contribution in [0.5, 0.6) is 11.8 Å². The lowest BCUT2D eigenvalue weighted by molar-refractivity contribution is 0.0632. The number of rotatable bonds is 5. The molecule has 0 unspecified atom stereocenters. The number of carbonyl (C=O) groups is 2. The van der Waals surface area contributed by atoms with Crippen molar-refractivity contribution in [3.63, 3.8) is 0 Å². The third-order valence-electron chi connectivity index (χ3n) is 4.46. The van der Waals surface area contributed by atoms with Crippen molar-refractivity contribution in [3.8, 4) is 11.8 Å². The molecule has 2 aromatic rings. The largest absolute Gasteiger partial charge is 0.481 e. The number of hydrogen-bond donors (Lipinski definition) is 0. The Kier molecular flexibility index (Phi) is 5.46. The molecular weight excluding hydrogens is 334 g/mol. The second-order valence-electron chi connectivity index (χ2n) is 6.08. The van der Waals surface area contributed by atoms with Crippen LogP contribution in [0.15, 0.2) is 36.5 Å². The number of hydrogen-bond acceptors (Lipinski definition) is 6. The third kappa shape index (κ3) is 3.66. The molecule has 26 heavy (non-hydrogen) atoms.